The van der Waals surface area contributed by atoms with Crippen LogP contribution in [0.4, 0.5) is 0 Å². The molecule has 1 fully saturated rings. The van der Waals surface area contributed by atoms with E-state index < -0.39 is 17.8 Å². The summed E-state index contributed by atoms with van der Waals surface area (Å²) in [7, 11) is 1.50. The lowest BCUT2D eigenvalue weighted by atomic mass is 9.81. The molecule has 86 valence electrons. The summed E-state index contributed by atoms with van der Waals surface area (Å²) in [6.45, 7) is 3.65. The molecular formula is C12H14O4. The van der Waals surface area contributed by atoms with Crippen molar-refractivity contribution in [3.8, 4) is 0 Å². The van der Waals surface area contributed by atoms with E-state index >= 15 is 0 Å². The number of ketones is 1. The first-order chi connectivity index (χ1) is 7.62. The average Bonchev–Trinajstić information content (AvgIpc) is 2.56. The maximum Gasteiger partial charge on any atom is 0.180 e. The van der Waals surface area contributed by atoms with Crippen molar-refractivity contribution in [2.75, 3.05) is 13.7 Å². The van der Waals surface area contributed by atoms with Crippen LogP contribution < -0.4 is 0 Å². The van der Waals surface area contributed by atoms with Crippen LogP contribution in [0.15, 0.2) is 36.5 Å². The van der Waals surface area contributed by atoms with Gasteiger partial charge in [-0.15, -0.1) is 0 Å². The third kappa shape index (κ3) is 1.55. The number of methoxy groups -OCH3 is 1. The van der Waals surface area contributed by atoms with Crippen LogP contribution in [0.1, 0.15) is 0 Å². The van der Waals surface area contributed by atoms with E-state index in [4.69, 9.17) is 9.47 Å². The highest BCUT2D eigenvalue weighted by Gasteiger charge is 2.50. The molecule has 2 rings (SSSR count). The number of fused-ring (bicyclic) bond motifs is 1. The number of rotatable bonds is 2. The van der Waals surface area contributed by atoms with Crippen LogP contribution in [0.5, 0.6) is 0 Å². The number of ether oxygens (including phenoxy) is 2. The van der Waals surface area contributed by atoms with Gasteiger partial charge in [-0.2, -0.15) is 0 Å². The molecule has 1 heterocycles. The van der Waals surface area contributed by atoms with Gasteiger partial charge in [-0.25, -0.2) is 0 Å². The molecule has 16 heavy (non-hydrogen) atoms. The van der Waals surface area contributed by atoms with Gasteiger partial charge in [0.25, 0.3) is 0 Å². The molecule has 0 spiro atoms. The predicted molar refractivity (Wildman–Crippen MR) is 57.6 cm³/mol. The molecule has 1 N–H and O–H groups in total. The molecule has 1 aliphatic heterocycles. The van der Waals surface area contributed by atoms with Crippen molar-refractivity contribution in [1.82, 2.24) is 0 Å². The van der Waals surface area contributed by atoms with Crippen LogP contribution in [0.3, 0.4) is 0 Å². The van der Waals surface area contributed by atoms with Gasteiger partial charge in [0, 0.05) is 7.11 Å². The zero-order valence-electron chi connectivity index (χ0n) is 9.05. The van der Waals surface area contributed by atoms with E-state index in [-0.39, 0.29) is 12.4 Å². The summed E-state index contributed by atoms with van der Waals surface area (Å²) in [5.74, 6) is -0.731. The SMILES string of the molecule is C=C/C=C1/[C@H](OC)OC[C@@]2(O)C=CC(=O)[C@@H]12. The molecule has 0 aromatic carbocycles. The Hall–Kier alpha value is -1.23. The van der Waals surface area contributed by atoms with Crippen molar-refractivity contribution in [2.24, 2.45) is 5.92 Å². The second kappa shape index (κ2) is 3.97. The molecule has 2 aliphatic rings. The lowest BCUT2D eigenvalue weighted by molar-refractivity contribution is -0.177. The summed E-state index contributed by atoms with van der Waals surface area (Å²) >= 11 is 0. The van der Waals surface area contributed by atoms with E-state index in [0.29, 0.717) is 5.57 Å². The first kappa shape index (κ1) is 11.3. The van der Waals surface area contributed by atoms with Gasteiger partial charge in [0.05, 0.1) is 12.5 Å². The van der Waals surface area contributed by atoms with Crippen molar-refractivity contribution in [2.45, 2.75) is 11.9 Å². The van der Waals surface area contributed by atoms with E-state index in [1.165, 1.54) is 19.3 Å². The summed E-state index contributed by atoms with van der Waals surface area (Å²) in [4.78, 5) is 11.7. The van der Waals surface area contributed by atoms with E-state index in [9.17, 15) is 9.90 Å². The lowest BCUT2D eigenvalue weighted by Crippen LogP contribution is -2.50. The minimum atomic E-state index is -1.24. The maximum absolute atomic E-state index is 11.7. The first-order valence-corrected chi connectivity index (χ1v) is 5.05. The first-order valence-electron chi connectivity index (χ1n) is 5.05. The summed E-state index contributed by atoms with van der Waals surface area (Å²) in [5.41, 5.74) is -0.623. The maximum atomic E-state index is 11.7. The topological polar surface area (TPSA) is 55.8 Å². The van der Waals surface area contributed by atoms with Crippen molar-refractivity contribution in [1.29, 1.82) is 0 Å². The van der Waals surface area contributed by atoms with Gasteiger partial charge in [-0.3, -0.25) is 4.79 Å². The van der Waals surface area contributed by atoms with Crippen LogP contribution >= 0.6 is 0 Å². The number of allylic oxidation sites excluding steroid dienone is 3. The quantitative estimate of drug-likeness (QED) is 0.743. The van der Waals surface area contributed by atoms with Crippen LogP contribution in [-0.2, 0) is 14.3 Å². The molecule has 0 aromatic heterocycles. The van der Waals surface area contributed by atoms with Gasteiger partial charge in [0.15, 0.2) is 12.1 Å². The normalized spacial score (nSPS) is 40.1. The highest BCUT2D eigenvalue weighted by Crippen LogP contribution is 2.39. The number of carbonyl (C=O) groups is 1. The second-order valence-electron chi connectivity index (χ2n) is 3.94. The smallest absolute Gasteiger partial charge is 0.180 e. The van der Waals surface area contributed by atoms with Gasteiger partial charge in [-0.1, -0.05) is 18.7 Å². The van der Waals surface area contributed by atoms with E-state index in [2.05, 4.69) is 6.58 Å². The Labute approximate surface area is 93.9 Å². The number of hydrogen-bond acceptors (Lipinski definition) is 4. The Morgan fingerprint density at radius 2 is 2.50 bits per heavy atom. The summed E-state index contributed by atoms with van der Waals surface area (Å²) in [6, 6.07) is 0. The molecule has 0 aromatic rings. The minimum absolute atomic E-state index is 0.0624. The van der Waals surface area contributed by atoms with Crippen molar-refractivity contribution < 1.29 is 19.4 Å². The van der Waals surface area contributed by atoms with E-state index in [1.54, 1.807) is 12.2 Å². The fourth-order valence-electron chi connectivity index (χ4n) is 2.21. The summed E-state index contributed by atoms with van der Waals surface area (Å²) in [6.07, 6.45) is 5.51. The van der Waals surface area contributed by atoms with Crippen molar-refractivity contribution in [3.63, 3.8) is 0 Å². The van der Waals surface area contributed by atoms with Crippen LogP contribution in [0, 0.1) is 5.92 Å². The molecule has 0 amide bonds. The van der Waals surface area contributed by atoms with Gasteiger partial charge < -0.3 is 14.6 Å². The predicted octanol–water partition coefficient (Wildman–Crippen LogP) is 0.588. The summed E-state index contributed by atoms with van der Waals surface area (Å²) < 4.78 is 10.5. The Kier molecular flexibility index (Phi) is 2.80. The Bertz CT molecular complexity index is 382. The third-order valence-corrected chi connectivity index (χ3v) is 2.92. The average molecular weight is 222 g/mol. The number of carbonyl (C=O) groups excluding carboxylic acids is 1. The molecule has 0 saturated carbocycles. The molecule has 0 radical (unpaired) electrons. The van der Waals surface area contributed by atoms with Gasteiger partial charge >= 0.3 is 0 Å². The Morgan fingerprint density at radius 3 is 3.12 bits per heavy atom. The molecule has 1 aliphatic carbocycles. The molecule has 4 nitrogen and oxygen atoms in total. The van der Waals surface area contributed by atoms with Crippen LogP contribution in [-0.4, -0.2) is 36.5 Å². The standard InChI is InChI=1S/C12H14O4/c1-3-4-8-10-9(13)5-6-12(10,14)7-16-11(8)15-2/h3-6,10-11,14H,1,7H2,2H3/b8-4+/t10-,11-,12+/m1/s1. The summed E-state index contributed by atoms with van der Waals surface area (Å²) in [5, 5.41) is 10.2. The minimum Gasteiger partial charge on any atom is -0.382 e. The largest absolute Gasteiger partial charge is 0.382 e. The zero-order valence-corrected chi connectivity index (χ0v) is 9.05. The van der Waals surface area contributed by atoms with Crippen LogP contribution in [0.25, 0.3) is 0 Å². The number of hydrogen-bond donors (Lipinski definition) is 1. The fourth-order valence-corrected chi connectivity index (χ4v) is 2.21. The second-order valence-corrected chi connectivity index (χ2v) is 3.94. The fraction of sp³-hybridized carbons (Fsp3) is 0.417. The van der Waals surface area contributed by atoms with Crippen molar-refractivity contribution in [3.05, 3.63) is 36.5 Å². The zero-order chi connectivity index (χ0) is 11.8. The van der Waals surface area contributed by atoms with Gasteiger partial charge in [-0.05, 0) is 17.7 Å². The lowest BCUT2D eigenvalue weighted by Gasteiger charge is -2.38. The molecule has 3 atom stereocenters. The molecule has 0 unspecified atom stereocenters. The highest BCUT2D eigenvalue weighted by atomic mass is 16.7. The highest BCUT2D eigenvalue weighted by molar-refractivity contribution is 5.98. The number of aliphatic hydroxyl groups is 1. The molecule has 1 saturated heterocycles. The Balaban J connectivity index is 2.40. The van der Waals surface area contributed by atoms with Crippen LogP contribution in [0.2, 0.25) is 0 Å². The van der Waals surface area contributed by atoms with Gasteiger partial charge in [0.2, 0.25) is 0 Å². The van der Waals surface area contributed by atoms with Gasteiger partial charge in [0.1, 0.15) is 5.60 Å². The Morgan fingerprint density at radius 1 is 1.75 bits per heavy atom. The third-order valence-electron chi connectivity index (χ3n) is 2.92. The molecular weight excluding hydrogens is 208 g/mol. The molecule has 0 bridgehead atoms. The molecule has 4 heteroatoms. The van der Waals surface area contributed by atoms with E-state index in [1.807, 2.05) is 0 Å². The monoisotopic (exact) mass is 222 g/mol. The van der Waals surface area contributed by atoms with E-state index in [0.717, 1.165) is 0 Å². The van der Waals surface area contributed by atoms with Crippen molar-refractivity contribution >= 4 is 5.78 Å².